The Hall–Kier alpha value is -3.52. The van der Waals surface area contributed by atoms with Gasteiger partial charge in [0.2, 0.25) is 0 Å². The highest BCUT2D eigenvalue weighted by atomic mass is 16.5. The molecule has 1 aliphatic rings. The molecule has 1 saturated heterocycles. The van der Waals surface area contributed by atoms with Crippen molar-refractivity contribution in [2.45, 2.75) is 33.2 Å². The zero-order valence-electron chi connectivity index (χ0n) is 21.7. The molecule has 0 saturated carbocycles. The molecule has 8 heteroatoms. The van der Waals surface area contributed by atoms with E-state index in [0.29, 0.717) is 49.0 Å². The van der Waals surface area contributed by atoms with E-state index in [1.165, 1.54) is 11.0 Å². The van der Waals surface area contributed by atoms with Gasteiger partial charge in [-0.3, -0.25) is 9.59 Å². The highest BCUT2D eigenvalue weighted by molar-refractivity contribution is 6.46. The summed E-state index contributed by atoms with van der Waals surface area (Å²) in [4.78, 5) is 29.8. The molecule has 0 radical (unpaired) electrons. The number of hydrogen-bond donors (Lipinski definition) is 2. The number of carbonyl (C=O) groups excluding carboxylic acids is 2. The van der Waals surface area contributed by atoms with E-state index in [1.807, 2.05) is 19.0 Å². The van der Waals surface area contributed by atoms with Gasteiger partial charge < -0.3 is 29.5 Å². The number of amides is 1. The van der Waals surface area contributed by atoms with Crippen molar-refractivity contribution in [1.82, 2.24) is 9.80 Å². The van der Waals surface area contributed by atoms with Crippen molar-refractivity contribution in [2.24, 2.45) is 5.92 Å². The Balaban J connectivity index is 2.05. The summed E-state index contributed by atoms with van der Waals surface area (Å²) in [5.74, 6) is -0.427. The molecule has 0 unspecified atom stereocenters. The third-order valence-corrected chi connectivity index (χ3v) is 5.85. The Labute approximate surface area is 212 Å². The van der Waals surface area contributed by atoms with Crippen molar-refractivity contribution in [3.63, 3.8) is 0 Å². The summed E-state index contributed by atoms with van der Waals surface area (Å²) in [6.45, 7) is 7.87. The first-order valence-corrected chi connectivity index (χ1v) is 12.3. The fourth-order valence-corrected chi connectivity index (χ4v) is 4.11. The molecule has 2 N–H and O–H groups in total. The SMILES string of the molecule is CCOc1cc([C@H]2/C(=C(\O)c3ccc(OCC(C)C)cc3)C(=O)C(=O)N2CCCN(C)C)ccc1O. The maximum absolute atomic E-state index is 13.2. The summed E-state index contributed by atoms with van der Waals surface area (Å²) >= 11 is 0. The fraction of sp³-hybridized carbons (Fsp3) is 0.429. The fourth-order valence-electron chi connectivity index (χ4n) is 4.11. The van der Waals surface area contributed by atoms with Crippen molar-refractivity contribution < 1.29 is 29.3 Å². The highest BCUT2D eigenvalue weighted by Crippen LogP contribution is 2.42. The van der Waals surface area contributed by atoms with Gasteiger partial charge in [0.1, 0.15) is 11.5 Å². The number of likely N-dealkylation sites (tertiary alicyclic amines) is 1. The summed E-state index contributed by atoms with van der Waals surface area (Å²) in [5.41, 5.74) is 0.986. The Morgan fingerprint density at radius 3 is 2.39 bits per heavy atom. The monoisotopic (exact) mass is 496 g/mol. The van der Waals surface area contributed by atoms with E-state index in [0.717, 1.165) is 6.54 Å². The van der Waals surface area contributed by atoms with E-state index in [2.05, 4.69) is 13.8 Å². The van der Waals surface area contributed by atoms with Gasteiger partial charge in [-0.1, -0.05) is 19.9 Å². The molecule has 36 heavy (non-hydrogen) atoms. The average molecular weight is 497 g/mol. The maximum atomic E-state index is 13.2. The van der Waals surface area contributed by atoms with Crippen LogP contribution < -0.4 is 9.47 Å². The van der Waals surface area contributed by atoms with E-state index >= 15 is 0 Å². The van der Waals surface area contributed by atoms with E-state index in [4.69, 9.17) is 9.47 Å². The minimum atomic E-state index is -0.816. The second-order valence-corrected chi connectivity index (χ2v) is 9.54. The van der Waals surface area contributed by atoms with Gasteiger partial charge in [-0.25, -0.2) is 0 Å². The van der Waals surface area contributed by atoms with Crippen molar-refractivity contribution in [3.8, 4) is 17.2 Å². The van der Waals surface area contributed by atoms with Gasteiger partial charge >= 0.3 is 0 Å². The summed E-state index contributed by atoms with van der Waals surface area (Å²) in [5, 5.41) is 21.4. The lowest BCUT2D eigenvalue weighted by Crippen LogP contribution is -2.32. The van der Waals surface area contributed by atoms with Crippen LogP contribution in [0.2, 0.25) is 0 Å². The van der Waals surface area contributed by atoms with E-state index in [1.54, 1.807) is 43.3 Å². The van der Waals surface area contributed by atoms with Crippen molar-refractivity contribution in [3.05, 3.63) is 59.2 Å². The Morgan fingerprint density at radius 2 is 1.78 bits per heavy atom. The van der Waals surface area contributed by atoms with Gasteiger partial charge in [0.05, 0.1) is 24.8 Å². The van der Waals surface area contributed by atoms with Crippen LogP contribution in [0.4, 0.5) is 0 Å². The van der Waals surface area contributed by atoms with Crippen LogP contribution in [-0.4, -0.2) is 72.1 Å². The number of ketones is 1. The molecule has 0 bridgehead atoms. The second kappa shape index (κ2) is 11.9. The van der Waals surface area contributed by atoms with E-state index in [9.17, 15) is 19.8 Å². The standard InChI is InChI=1S/C28H36N2O6/c1-6-35-23-16-20(10-13-22(23)31)25-24(27(33)28(34)30(25)15-7-14-29(4)5)26(32)19-8-11-21(12-9-19)36-17-18(2)3/h8-13,16,18,25,31-32H,6-7,14-15,17H2,1-5H3/b26-24+/t25-/m0/s1. The lowest BCUT2D eigenvalue weighted by Gasteiger charge is -2.26. The maximum Gasteiger partial charge on any atom is 0.295 e. The second-order valence-electron chi connectivity index (χ2n) is 9.54. The number of Topliss-reactive ketones (excluding diaryl/α,β-unsaturated/α-hetero) is 1. The van der Waals surface area contributed by atoms with Crippen LogP contribution in [0.1, 0.15) is 44.4 Å². The third-order valence-electron chi connectivity index (χ3n) is 5.85. The first kappa shape index (κ1) is 27.1. The lowest BCUT2D eigenvalue weighted by molar-refractivity contribution is -0.139. The summed E-state index contributed by atoms with van der Waals surface area (Å²) in [6.07, 6.45) is 0.648. The normalized spacial score (nSPS) is 17.3. The number of aliphatic hydroxyl groups is 1. The summed E-state index contributed by atoms with van der Waals surface area (Å²) in [6, 6.07) is 10.7. The van der Waals surface area contributed by atoms with Crippen LogP contribution in [-0.2, 0) is 9.59 Å². The zero-order valence-corrected chi connectivity index (χ0v) is 21.7. The quantitative estimate of drug-likeness (QED) is 0.273. The molecule has 1 fully saturated rings. The molecule has 2 aromatic rings. The number of ether oxygens (including phenoxy) is 2. The predicted octanol–water partition coefficient (Wildman–Crippen LogP) is 4.20. The highest BCUT2D eigenvalue weighted by Gasteiger charge is 2.46. The molecule has 1 heterocycles. The molecule has 3 rings (SSSR count). The summed E-state index contributed by atoms with van der Waals surface area (Å²) < 4.78 is 11.2. The van der Waals surface area contributed by atoms with Gasteiger partial charge in [0, 0.05) is 12.1 Å². The van der Waals surface area contributed by atoms with Gasteiger partial charge in [-0.05, 0) is 81.9 Å². The molecule has 1 aliphatic heterocycles. The molecule has 0 aliphatic carbocycles. The molecule has 0 spiro atoms. The minimum absolute atomic E-state index is 0.00819. The molecule has 1 amide bonds. The average Bonchev–Trinajstić information content (AvgIpc) is 3.09. The first-order chi connectivity index (χ1) is 17.1. The summed E-state index contributed by atoms with van der Waals surface area (Å²) in [7, 11) is 3.88. The van der Waals surface area contributed by atoms with Crippen molar-refractivity contribution >= 4 is 17.4 Å². The van der Waals surface area contributed by atoms with Gasteiger partial charge in [-0.15, -0.1) is 0 Å². The number of phenolic OH excluding ortho intramolecular Hbond substituents is 1. The van der Waals surface area contributed by atoms with Crippen LogP contribution in [0, 0.1) is 5.92 Å². The van der Waals surface area contributed by atoms with E-state index in [-0.39, 0.29) is 22.8 Å². The number of phenols is 1. The predicted molar refractivity (Wildman–Crippen MR) is 138 cm³/mol. The van der Waals surface area contributed by atoms with Gasteiger partial charge in [-0.2, -0.15) is 0 Å². The zero-order chi connectivity index (χ0) is 26.4. The number of hydrogen-bond acceptors (Lipinski definition) is 7. The number of aromatic hydroxyl groups is 1. The van der Waals surface area contributed by atoms with Crippen LogP contribution in [0.3, 0.4) is 0 Å². The van der Waals surface area contributed by atoms with E-state index < -0.39 is 17.7 Å². The topological polar surface area (TPSA) is 99.5 Å². The van der Waals surface area contributed by atoms with Gasteiger partial charge in [0.15, 0.2) is 11.5 Å². The Morgan fingerprint density at radius 1 is 1.08 bits per heavy atom. The molecular weight excluding hydrogens is 460 g/mol. The van der Waals surface area contributed by atoms with Crippen LogP contribution in [0.5, 0.6) is 17.2 Å². The molecule has 0 aromatic heterocycles. The molecule has 1 atom stereocenters. The molecule has 194 valence electrons. The van der Waals surface area contributed by atoms with Crippen LogP contribution >= 0.6 is 0 Å². The number of nitrogens with zero attached hydrogens (tertiary/aromatic N) is 2. The van der Waals surface area contributed by atoms with Gasteiger partial charge in [0.25, 0.3) is 11.7 Å². The van der Waals surface area contributed by atoms with Crippen molar-refractivity contribution in [2.75, 3.05) is 40.4 Å². The van der Waals surface area contributed by atoms with Crippen LogP contribution in [0.25, 0.3) is 5.76 Å². The number of rotatable bonds is 11. The Kier molecular flexibility index (Phi) is 8.98. The lowest BCUT2D eigenvalue weighted by atomic mass is 9.95. The first-order valence-electron chi connectivity index (χ1n) is 12.3. The van der Waals surface area contributed by atoms with Crippen molar-refractivity contribution in [1.29, 1.82) is 0 Å². The molecule has 8 nitrogen and oxygen atoms in total. The third kappa shape index (κ3) is 6.18. The molecular formula is C28H36N2O6. The number of carbonyl (C=O) groups is 2. The number of aliphatic hydroxyl groups excluding tert-OH is 1. The minimum Gasteiger partial charge on any atom is -0.507 e. The number of benzene rings is 2. The Bertz CT molecular complexity index is 1110. The largest absolute Gasteiger partial charge is 0.507 e. The van der Waals surface area contributed by atoms with Crippen LogP contribution in [0.15, 0.2) is 48.0 Å². The molecule has 2 aromatic carbocycles. The smallest absolute Gasteiger partial charge is 0.295 e.